The second-order valence-electron chi connectivity index (χ2n) is 6.65. The third-order valence-electron chi connectivity index (χ3n) is 4.37. The molecule has 1 N–H and O–H groups in total. The zero-order chi connectivity index (χ0) is 20.8. The van der Waals surface area contributed by atoms with Crippen molar-refractivity contribution in [2.75, 3.05) is 12.4 Å². The molecule has 1 amide bonds. The van der Waals surface area contributed by atoms with Crippen molar-refractivity contribution in [1.82, 2.24) is 19.7 Å². The summed E-state index contributed by atoms with van der Waals surface area (Å²) in [6.45, 7) is 6.71. The maximum Gasteiger partial charge on any atom is 0.237 e. The zero-order valence-corrected chi connectivity index (χ0v) is 17.9. The van der Waals surface area contributed by atoms with Gasteiger partial charge in [0, 0.05) is 24.5 Å². The predicted octanol–water partition coefficient (Wildman–Crippen LogP) is 4.19. The lowest BCUT2D eigenvalue weighted by Gasteiger charge is -2.15. The number of aromatic nitrogens is 4. The van der Waals surface area contributed by atoms with Crippen LogP contribution in [-0.4, -0.2) is 38.0 Å². The van der Waals surface area contributed by atoms with E-state index in [2.05, 4.69) is 32.0 Å². The van der Waals surface area contributed by atoms with Crippen LogP contribution in [0.15, 0.2) is 47.9 Å². The molecule has 0 bridgehead atoms. The van der Waals surface area contributed by atoms with Gasteiger partial charge in [-0.05, 0) is 50.1 Å². The Labute approximate surface area is 174 Å². The van der Waals surface area contributed by atoms with Gasteiger partial charge in [-0.2, -0.15) is 0 Å². The number of rotatable bonds is 8. The first-order valence-corrected chi connectivity index (χ1v) is 10.4. The van der Waals surface area contributed by atoms with Gasteiger partial charge in [-0.1, -0.05) is 24.8 Å². The molecule has 2 heterocycles. The predicted molar refractivity (Wildman–Crippen MR) is 115 cm³/mol. The summed E-state index contributed by atoms with van der Waals surface area (Å²) in [6.07, 6.45) is 4.40. The fourth-order valence-corrected chi connectivity index (χ4v) is 3.76. The summed E-state index contributed by atoms with van der Waals surface area (Å²) in [7, 11) is 1.59. The SMILES string of the molecule is CCCn1c(S[C@@H](C)C(=O)Nc2cc(C)ccc2OC)nnc1-c1ccncc1. The first-order valence-electron chi connectivity index (χ1n) is 9.49. The maximum atomic E-state index is 12.8. The van der Waals surface area contributed by atoms with Crippen LogP contribution in [0.3, 0.4) is 0 Å². The summed E-state index contributed by atoms with van der Waals surface area (Å²) in [4.78, 5) is 16.8. The molecule has 3 aromatic rings. The minimum Gasteiger partial charge on any atom is -0.495 e. The lowest BCUT2D eigenvalue weighted by molar-refractivity contribution is -0.115. The molecule has 152 valence electrons. The van der Waals surface area contributed by atoms with Crippen molar-refractivity contribution in [3.05, 3.63) is 48.3 Å². The number of nitrogens with zero attached hydrogens (tertiary/aromatic N) is 4. The van der Waals surface area contributed by atoms with Crippen LogP contribution in [0.4, 0.5) is 5.69 Å². The van der Waals surface area contributed by atoms with Crippen molar-refractivity contribution in [2.24, 2.45) is 0 Å². The van der Waals surface area contributed by atoms with Crippen molar-refractivity contribution < 1.29 is 9.53 Å². The third-order valence-corrected chi connectivity index (χ3v) is 5.45. The van der Waals surface area contributed by atoms with E-state index in [0.717, 1.165) is 35.1 Å². The minimum atomic E-state index is -0.356. The molecular weight excluding hydrogens is 386 g/mol. The van der Waals surface area contributed by atoms with Crippen molar-refractivity contribution in [3.63, 3.8) is 0 Å². The van der Waals surface area contributed by atoms with E-state index in [4.69, 9.17) is 4.74 Å². The van der Waals surface area contributed by atoms with Crippen LogP contribution in [0, 0.1) is 6.92 Å². The van der Waals surface area contributed by atoms with Gasteiger partial charge >= 0.3 is 0 Å². The number of benzene rings is 1. The smallest absolute Gasteiger partial charge is 0.237 e. The molecule has 1 atom stereocenters. The summed E-state index contributed by atoms with van der Waals surface area (Å²) >= 11 is 1.39. The Kier molecular flexibility index (Phi) is 6.87. The molecule has 1 aromatic carbocycles. The second kappa shape index (κ2) is 9.56. The Morgan fingerprint density at radius 2 is 2.00 bits per heavy atom. The summed E-state index contributed by atoms with van der Waals surface area (Å²) in [5, 5.41) is 12.0. The molecule has 0 aliphatic heterocycles. The molecular formula is C21H25N5O2S. The van der Waals surface area contributed by atoms with Crippen molar-refractivity contribution in [1.29, 1.82) is 0 Å². The number of aryl methyl sites for hydroxylation is 1. The summed E-state index contributed by atoms with van der Waals surface area (Å²) in [5.41, 5.74) is 2.66. The van der Waals surface area contributed by atoms with E-state index in [1.54, 1.807) is 19.5 Å². The number of thioether (sulfide) groups is 1. The molecule has 0 saturated heterocycles. The van der Waals surface area contributed by atoms with E-state index in [1.807, 2.05) is 44.2 Å². The molecule has 7 nitrogen and oxygen atoms in total. The number of pyridine rings is 1. The fourth-order valence-electron chi connectivity index (χ4n) is 2.88. The van der Waals surface area contributed by atoms with Crippen LogP contribution in [0.25, 0.3) is 11.4 Å². The highest BCUT2D eigenvalue weighted by molar-refractivity contribution is 8.00. The van der Waals surface area contributed by atoms with Crippen LogP contribution < -0.4 is 10.1 Å². The molecule has 0 radical (unpaired) electrons. The van der Waals surface area contributed by atoms with E-state index in [-0.39, 0.29) is 11.2 Å². The molecule has 0 spiro atoms. The molecule has 0 aliphatic rings. The number of carbonyl (C=O) groups is 1. The van der Waals surface area contributed by atoms with Crippen LogP contribution in [0.2, 0.25) is 0 Å². The number of amides is 1. The molecule has 3 rings (SSSR count). The van der Waals surface area contributed by atoms with E-state index >= 15 is 0 Å². The summed E-state index contributed by atoms with van der Waals surface area (Å²) in [6, 6.07) is 9.51. The van der Waals surface area contributed by atoms with Gasteiger partial charge in [-0.15, -0.1) is 10.2 Å². The normalized spacial score (nSPS) is 11.9. The van der Waals surface area contributed by atoms with Crippen molar-refractivity contribution >= 4 is 23.4 Å². The molecule has 0 aliphatic carbocycles. The van der Waals surface area contributed by atoms with Gasteiger partial charge in [0.25, 0.3) is 0 Å². The van der Waals surface area contributed by atoms with Crippen LogP contribution >= 0.6 is 11.8 Å². The Morgan fingerprint density at radius 1 is 1.24 bits per heavy atom. The lowest BCUT2D eigenvalue weighted by atomic mass is 10.2. The zero-order valence-electron chi connectivity index (χ0n) is 17.0. The molecule has 0 saturated carbocycles. The van der Waals surface area contributed by atoms with Crippen molar-refractivity contribution in [2.45, 2.75) is 44.1 Å². The number of ether oxygens (including phenoxy) is 1. The van der Waals surface area contributed by atoms with Gasteiger partial charge in [-0.25, -0.2) is 0 Å². The Bertz CT molecular complexity index is 974. The lowest BCUT2D eigenvalue weighted by Crippen LogP contribution is -2.23. The first-order chi connectivity index (χ1) is 14.0. The highest BCUT2D eigenvalue weighted by atomic mass is 32.2. The van der Waals surface area contributed by atoms with Gasteiger partial charge in [-0.3, -0.25) is 9.78 Å². The van der Waals surface area contributed by atoms with Gasteiger partial charge < -0.3 is 14.6 Å². The van der Waals surface area contributed by atoms with E-state index < -0.39 is 0 Å². The largest absolute Gasteiger partial charge is 0.495 e. The average molecular weight is 412 g/mol. The Balaban J connectivity index is 1.78. The maximum absolute atomic E-state index is 12.8. The van der Waals surface area contributed by atoms with Gasteiger partial charge in [0.2, 0.25) is 5.91 Å². The van der Waals surface area contributed by atoms with E-state index in [0.29, 0.717) is 11.4 Å². The molecule has 29 heavy (non-hydrogen) atoms. The van der Waals surface area contributed by atoms with Crippen LogP contribution in [0.1, 0.15) is 25.8 Å². The number of hydrogen-bond acceptors (Lipinski definition) is 6. The average Bonchev–Trinajstić information content (AvgIpc) is 3.11. The standard InChI is InChI=1S/C21H25N5O2S/c1-5-12-26-19(16-8-10-22-11-9-16)24-25-21(26)29-15(3)20(27)23-17-13-14(2)6-7-18(17)28-4/h6-11,13,15H,5,12H2,1-4H3,(H,23,27)/t15-/m0/s1. The highest BCUT2D eigenvalue weighted by Crippen LogP contribution is 2.29. The monoisotopic (exact) mass is 411 g/mol. The molecule has 8 heteroatoms. The number of carbonyl (C=O) groups excluding carboxylic acids is 1. The highest BCUT2D eigenvalue weighted by Gasteiger charge is 2.21. The number of methoxy groups -OCH3 is 1. The molecule has 2 aromatic heterocycles. The molecule has 0 unspecified atom stereocenters. The van der Waals surface area contributed by atoms with Crippen molar-refractivity contribution in [3.8, 4) is 17.1 Å². The second-order valence-corrected chi connectivity index (χ2v) is 7.95. The topological polar surface area (TPSA) is 81.9 Å². The van der Waals surface area contributed by atoms with Gasteiger partial charge in [0.15, 0.2) is 11.0 Å². The Morgan fingerprint density at radius 3 is 2.69 bits per heavy atom. The van der Waals surface area contributed by atoms with Gasteiger partial charge in [0.1, 0.15) is 5.75 Å². The van der Waals surface area contributed by atoms with E-state index in [1.165, 1.54) is 11.8 Å². The molecule has 0 fully saturated rings. The quantitative estimate of drug-likeness (QED) is 0.560. The van der Waals surface area contributed by atoms with Crippen LogP contribution in [-0.2, 0) is 11.3 Å². The Hall–Kier alpha value is -2.87. The minimum absolute atomic E-state index is 0.115. The summed E-state index contributed by atoms with van der Waals surface area (Å²) in [5.74, 6) is 1.30. The number of nitrogens with one attached hydrogen (secondary N) is 1. The fraction of sp³-hybridized carbons (Fsp3) is 0.333. The van der Waals surface area contributed by atoms with Gasteiger partial charge in [0.05, 0.1) is 18.0 Å². The number of hydrogen-bond donors (Lipinski definition) is 1. The first kappa shape index (κ1) is 20.9. The third kappa shape index (κ3) is 4.95. The van der Waals surface area contributed by atoms with E-state index in [9.17, 15) is 4.79 Å². The summed E-state index contributed by atoms with van der Waals surface area (Å²) < 4.78 is 7.40. The van der Waals surface area contributed by atoms with Crippen LogP contribution in [0.5, 0.6) is 5.75 Å². The number of anilines is 1.